The zero-order valence-corrected chi connectivity index (χ0v) is 9.06. The number of hydrogen-bond donors (Lipinski definition) is 2. The van der Waals surface area contributed by atoms with E-state index in [-0.39, 0.29) is 19.3 Å². The number of carbonyl (C=O) groups excluding carboxylic acids is 1. The number of ether oxygens (including phenoxy) is 2. The van der Waals surface area contributed by atoms with Crippen LogP contribution < -0.4 is 10.6 Å². The number of urea groups is 1. The Morgan fingerprint density at radius 1 is 1.31 bits per heavy atom. The van der Waals surface area contributed by atoms with Gasteiger partial charge in [0.1, 0.15) is 6.54 Å². The van der Waals surface area contributed by atoms with Gasteiger partial charge < -0.3 is 20.1 Å². The first kappa shape index (κ1) is 15.0. The zero-order valence-electron chi connectivity index (χ0n) is 9.06. The van der Waals surface area contributed by atoms with Gasteiger partial charge in [0.05, 0.1) is 12.7 Å². The molecular weight excluding hydrogens is 229 g/mol. The molecule has 1 atom stereocenters. The lowest BCUT2D eigenvalue weighted by Crippen LogP contribution is -2.44. The lowest BCUT2D eigenvalue weighted by atomic mass is 10.4. The number of nitrogens with one attached hydrogen (secondary N) is 2. The average molecular weight is 244 g/mol. The van der Waals surface area contributed by atoms with Crippen LogP contribution in [-0.2, 0) is 9.47 Å². The van der Waals surface area contributed by atoms with E-state index in [0.29, 0.717) is 0 Å². The van der Waals surface area contributed by atoms with Gasteiger partial charge in [0.2, 0.25) is 0 Å². The smallest absolute Gasteiger partial charge is 0.382 e. The lowest BCUT2D eigenvalue weighted by molar-refractivity contribution is -0.122. The van der Waals surface area contributed by atoms with Gasteiger partial charge in [0.15, 0.2) is 0 Å². The van der Waals surface area contributed by atoms with Crippen LogP contribution in [0.3, 0.4) is 0 Å². The van der Waals surface area contributed by atoms with Crippen LogP contribution in [0.25, 0.3) is 0 Å². The molecule has 0 saturated heterocycles. The Labute approximate surface area is 91.3 Å². The lowest BCUT2D eigenvalue weighted by Gasteiger charge is -2.15. The number of rotatable bonds is 6. The molecule has 0 rings (SSSR count). The topological polar surface area (TPSA) is 59.6 Å². The van der Waals surface area contributed by atoms with Gasteiger partial charge in [-0.15, -0.1) is 0 Å². The third-order valence-electron chi connectivity index (χ3n) is 1.63. The van der Waals surface area contributed by atoms with Crippen LogP contribution in [-0.4, -0.2) is 52.2 Å². The van der Waals surface area contributed by atoms with Crippen molar-refractivity contribution in [1.29, 1.82) is 0 Å². The summed E-state index contributed by atoms with van der Waals surface area (Å²) in [6.07, 6.45) is -4.80. The molecule has 0 bridgehead atoms. The van der Waals surface area contributed by atoms with Crippen molar-refractivity contribution in [2.45, 2.75) is 12.3 Å². The van der Waals surface area contributed by atoms with E-state index in [1.165, 1.54) is 14.2 Å². The van der Waals surface area contributed by atoms with Crippen molar-refractivity contribution in [2.24, 2.45) is 0 Å². The summed E-state index contributed by atoms with van der Waals surface area (Å²) >= 11 is 0. The van der Waals surface area contributed by atoms with Gasteiger partial charge in [-0.2, -0.15) is 13.2 Å². The molecular formula is C8H15F3N2O3. The van der Waals surface area contributed by atoms with E-state index in [1.54, 1.807) is 5.32 Å². The third kappa shape index (κ3) is 8.30. The summed E-state index contributed by atoms with van der Waals surface area (Å²) in [5.41, 5.74) is 0. The monoisotopic (exact) mass is 244 g/mol. The molecule has 0 heterocycles. The van der Waals surface area contributed by atoms with Crippen LogP contribution >= 0.6 is 0 Å². The minimum absolute atomic E-state index is 0.0774. The van der Waals surface area contributed by atoms with E-state index in [2.05, 4.69) is 5.32 Å². The second kappa shape index (κ2) is 7.29. The molecule has 0 aliphatic carbocycles. The first-order chi connectivity index (χ1) is 7.39. The van der Waals surface area contributed by atoms with Gasteiger partial charge in [-0.05, 0) is 0 Å². The van der Waals surface area contributed by atoms with E-state index >= 15 is 0 Å². The maximum absolute atomic E-state index is 11.7. The van der Waals surface area contributed by atoms with Gasteiger partial charge in [0, 0.05) is 20.8 Å². The molecule has 0 aliphatic heterocycles. The number of alkyl halides is 3. The van der Waals surface area contributed by atoms with Gasteiger partial charge >= 0.3 is 12.2 Å². The van der Waals surface area contributed by atoms with Crippen molar-refractivity contribution in [2.75, 3.05) is 33.9 Å². The van der Waals surface area contributed by atoms with Gasteiger partial charge in [-0.3, -0.25) is 0 Å². The fraction of sp³-hybridized carbons (Fsp3) is 0.875. The largest absolute Gasteiger partial charge is 0.405 e. The van der Waals surface area contributed by atoms with Crippen molar-refractivity contribution in [3.63, 3.8) is 0 Å². The maximum Gasteiger partial charge on any atom is 0.405 e. The maximum atomic E-state index is 11.7. The van der Waals surface area contributed by atoms with E-state index in [1.807, 2.05) is 0 Å². The predicted molar refractivity (Wildman–Crippen MR) is 50.1 cm³/mol. The summed E-state index contributed by atoms with van der Waals surface area (Å²) in [6, 6.07) is -0.893. The molecule has 0 aromatic heterocycles. The average Bonchev–Trinajstić information content (AvgIpc) is 2.20. The number of carbonyl (C=O) groups is 1. The molecule has 0 radical (unpaired) electrons. The van der Waals surface area contributed by atoms with Crippen LogP contribution in [0.4, 0.5) is 18.0 Å². The van der Waals surface area contributed by atoms with Crippen LogP contribution in [0.15, 0.2) is 0 Å². The van der Waals surface area contributed by atoms with E-state index in [4.69, 9.17) is 9.47 Å². The highest BCUT2D eigenvalue weighted by molar-refractivity contribution is 5.73. The fourth-order valence-electron chi connectivity index (χ4n) is 0.846. The van der Waals surface area contributed by atoms with E-state index in [0.717, 1.165) is 0 Å². The van der Waals surface area contributed by atoms with Crippen LogP contribution in [0, 0.1) is 0 Å². The molecule has 0 aliphatic rings. The number of hydrogen-bond acceptors (Lipinski definition) is 3. The minimum Gasteiger partial charge on any atom is -0.382 e. The molecule has 0 aromatic rings. The van der Waals surface area contributed by atoms with Gasteiger partial charge in [-0.1, -0.05) is 0 Å². The summed E-state index contributed by atoms with van der Waals surface area (Å²) < 4.78 is 44.8. The first-order valence-corrected chi connectivity index (χ1v) is 4.49. The summed E-state index contributed by atoms with van der Waals surface area (Å²) in [5.74, 6) is 0. The highest BCUT2D eigenvalue weighted by Gasteiger charge is 2.27. The van der Waals surface area contributed by atoms with Crippen LogP contribution in [0.1, 0.15) is 0 Å². The van der Waals surface area contributed by atoms with E-state index < -0.39 is 18.8 Å². The SMILES string of the molecule is COCC(CNC(=O)NCC(F)(F)F)OC. The normalized spacial score (nSPS) is 13.3. The second-order valence-corrected chi connectivity index (χ2v) is 2.99. The third-order valence-corrected chi connectivity index (χ3v) is 1.63. The Kier molecular flexibility index (Phi) is 6.82. The molecule has 0 saturated carbocycles. The Balaban J connectivity index is 3.71. The van der Waals surface area contributed by atoms with Gasteiger partial charge in [-0.25, -0.2) is 4.79 Å². The number of amides is 2. The van der Waals surface area contributed by atoms with Crippen molar-refractivity contribution in [3.8, 4) is 0 Å². The summed E-state index contributed by atoms with van der Waals surface area (Å²) in [6.45, 7) is -1.04. The zero-order chi connectivity index (χ0) is 12.6. The number of halogens is 3. The molecule has 0 spiro atoms. The Bertz CT molecular complexity index is 211. The van der Waals surface area contributed by atoms with E-state index in [9.17, 15) is 18.0 Å². The Morgan fingerprint density at radius 2 is 1.94 bits per heavy atom. The standard InChI is InChI=1S/C8H15F3N2O3/c1-15-4-6(16-2)3-12-7(14)13-5-8(9,10)11/h6H,3-5H2,1-2H3,(H2,12,13,14). The van der Waals surface area contributed by atoms with Crippen molar-refractivity contribution in [1.82, 2.24) is 10.6 Å². The minimum atomic E-state index is -4.41. The summed E-state index contributed by atoms with van der Waals surface area (Å²) in [7, 11) is 2.87. The Morgan fingerprint density at radius 3 is 2.38 bits per heavy atom. The molecule has 0 aromatic carbocycles. The molecule has 8 heteroatoms. The summed E-state index contributed by atoms with van der Waals surface area (Å²) in [5, 5.41) is 3.91. The quantitative estimate of drug-likeness (QED) is 0.715. The highest BCUT2D eigenvalue weighted by atomic mass is 19.4. The molecule has 0 fully saturated rings. The first-order valence-electron chi connectivity index (χ1n) is 4.49. The number of methoxy groups -OCH3 is 2. The molecule has 96 valence electrons. The van der Waals surface area contributed by atoms with Crippen LogP contribution in [0.2, 0.25) is 0 Å². The van der Waals surface area contributed by atoms with Crippen molar-refractivity contribution >= 4 is 6.03 Å². The molecule has 16 heavy (non-hydrogen) atoms. The fourth-order valence-corrected chi connectivity index (χ4v) is 0.846. The molecule has 5 nitrogen and oxygen atoms in total. The van der Waals surface area contributed by atoms with Crippen LogP contribution in [0.5, 0.6) is 0 Å². The molecule has 2 N–H and O–H groups in total. The molecule has 1 unspecified atom stereocenters. The summed E-state index contributed by atoms with van der Waals surface area (Å²) in [4.78, 5) is 10.9. The van der Waals surface area contributed by atoms with Crippen molar-refractivity contribution in [3.05, 3.63) is 0 Å². The predicted octanol–water partition coefficient (Wildman–Crippen LogP) is 0.509. The highest BCUT2D eigenvalue weighted by Crippen LogP contribution is 2.11. The second-order valence-electron chi connectivity index (χ2n) is 2.99. The Hall–Kier alpha value is -1.02. The molecule has 2 amide bonds. The van der Waals surface area contributed by atoms with Crippen molar-refractivity contribution < 1.29 is 27.4 Å². The van der Waals surface area contributed by atoms with Gasteiger partial charge in [0.25, 0.3) is 0 Å².